The highest BCUT2D eigenvalue weighted by molar-refractivity contribution is 7.91. The van der Waals surface area contributed by atoms with E-state index < -0.39 is 9.84 Å². The summed E-state index contributed by atoms with van der Waals surface area (Å²) in [4.78, 5) is 15.1. The topological polar surface area (TPSA) is 80.5 Å². The number of aromatic nitrogens is 1. The lowest BCUT2D eigenvalue weighted by Gasteiger charge is -2.28. The van der Waals surface area contributed by atoms with Gasteiger partial charge in [-0.3, -0.25) is 4.79 Å². The third kappa shape index (κ3) is 4.93. The van der Waals surface area contributed by atoms with Gasteiger partial charge in [0.1, 0.15) is 0 Å². The molecule has 2 heterocycles. The Hall–Kier alpha value is -2.93. The van der Waals surface area contributed by atoms with Crippen molar-refractivity contribution in [3.05, 3.63) is 77.5 Å². The monoisotopic (exact) mass is 452 g/mol. The van der Waals surface area contributed by atoms with E-state index in [-0.39, 0.29) is 34.6 Å². The molecule has 0 radical (unpaired) electrons. The Morgan fingerprint density at radius 2 is 1.78 bits per heavy atom. The van der Waals surface area contributed by atoms with Crippen molar-refractivity contribution < 1.29 is 17.7 Å². The number of hydrogen-bond donors (Lipinski definition) is 0. The van der Waals surface area contributed by atoms with Gasteiger partial charge in [-0.05, 0) is 23.0 Å². The number of rotatable bonds is 5. The van der Waals surface area contributed by atoms with Crippen molar-refractivity contribution >= 4 is 15.7 Å². The van der Waals surface area contributed by atoms with Crippen LogP contribution in [0.2, 0.25) is 0 Å². The third-order valence-corrected chi connectivity index (χ3v) is 7.62. The van der Waals surface area contributed by atoms with Crippen molar-refractivity contribution in [2.75, 3.05) is 11.5 Å². The molecule has 7 heteroatoms. The average Bonchev–Trinajstić information content (AvgIpc) is 3.38. The minimum absolute atomic E-state index is 0.0256. The van der Waals surface area contributed by atoms with Gasteiger partial charge in [0.25, 0.3) is 5.91 Å². The van der Waals surface area contributed by atoms with E-state index in [9.17, 15) is 13.2 Å². The van der Waals surface area contributed by atoms with Gasteiger partial charge in [0.15, 0.2) is 21.3 Å². The minimum atomic E-state index is -3.15. The summed E-state index contributed by atoms with van der Waals surface area (Å²) in [6.07, 6.45) is 0.428. The second kappa shape index (κ2) is 8.54. The predicted molar refractivity (Wildman–Crippen MR) is 124 cm³/mol. The molecular formula is C25H28N2O4S. The molecule has 4 rings (SSSR count). The lowest BCUT2D eigenvalue weighted by Crippen LogP contribution is -2.40. The Morgan fingerprint density at radius 3 is 2.38 bits per heavy atom. The van der Waals surface area contributed by atoms with Gasteiger partial charge in [-0.2, -0.15) is 0 Å². The average molecular weight is 453 g/mol. The first kappa shape index (κ1) is 22.3. The van der Waals surface area contributed by atoms with Crippen LogP contribution in [-0.2, 0) is 21.8 Å². The van der Waals surface area contributed by atoms with E-state index >= 15 is 0 Å². The first-order valence-electron chi connectivity index (χ1n) is 10.8. The van der Waals surface area contributed by atoms with E-state index in [4.69, 9.17) is 4.52 Å². The van der Waals surface area contributed by atoms with Gasteiger partial charge in [0, 0.05) is 24.2 Å². The maximum absolute atomic E-state index is 13.4. The predicted octanol–water partition coefficient (Wildman–Crippen LogP) is 4.47. The molecule has 1 aliphatic rings. The molecule has 1 saturated heterocycles. The van der Waals surface area contributed by atoms with Crippen molar-refractivity contribution in [3.8, 4) is 11.3 Å². The van der Waals surface area contributed by atoms with Crippen LogP contribution < -0.4 is 0 Å². The number of amides is 1. The molecule has 0 bridgehead atoms. The van der Waals surface area contributed by atoms with Crippen LogP contribution in [0.5, 0.6) is 0 Å². The summed E-state index contributed by atoms with van der Waals surface area (Å²) in [5, 5.41) is 3.99. The lowest BCUT2D eigenvalue weighted by molar-refractivity contribution is 0.0670. The highest BCUT2D eigenvalue weighted by atomic mass is 32.2. The summed E-state index contributed by atoms with van der Waals surface area (Å²) >= 11 is 0. The van der Waals surface area contributed by atoms with E-state index in [2.05, 4.69) is 38.1 Å². The Kier molecular flexibility index (Phi) is 5.95. The molecule has 6 nitrogen and oxygen atoms in total. The Balaban J connectivity index is 1.61. The van der Waals surface area contributed by atoms with E-state index in [0.29, 0.717) is 18.7 Å². The second-order valence-electron chi connectivity index (χ2n) is 9.38. The van der Waals surface area contributed by atoms with Crippen LogP contribution in [0.4, 0.5) is 0 Å². The number of carbonyl (C=O) groups is 1. The number of carbonyl (C=O) groups excluding carboxylic acids is 1. The normalized spacial score (nSPS) is 17.9. The molecule has 1 aliphatic heterocycles. The van der Waals surface area contributed by atoms with Gasteiger partial charge in [-0.15, -0.1) is 0 Å². The summed E-state index contributed by atoms with van der Waals surface area (Å²) in [6.45, 7) is 6.76. The molecule has 32 heavy (non-hydrogen) atoms. The van der Waals surface area contributed by atoms with E-state index in [1.807, 2.05) is 42.5 Å². The fraction of sp³-hybridized carbons (Fsp3) is 0.360. The highest BCUT2D eigenvalue weighted by Gasteiger charge is 2.36. The molecule has 0 N–H and O–H groups in total. The molecule has 0 saturated carbocycles. The van der Waals surface area contributed by atoms with E-state index in [1.165, 1.54) is 5.56 Å². The van der Waals surface area contributed by atoms with Gasteiger partial charge in [-0.1, -0.05) is 80.5 Å². The smallest absolute Gasteiger partial charge is 0.276 e. The largest absolute Gasteiger partial charge is 0.355 e. The molecule has 168 valence electrons. The fourth-order valence-corrected chi connectivity index (χ4v) is 5.69. The second-order valence-corrected chi connectivity index (χ2v) is 11.6. The Labute approximate surface area is 189 Å². The maximum Gasteiger partial charge on any atom is 0.276 e. The lowest BCUT2D eigenvalue weighted by atomic mass is 9.86. The Bertz CT molecular complexity index is 1190. The fourth-order valence-electron chi connectivity index (χ4n) is 3.96. The molecule has 3 aromatic rings. The Morgan fingerprint density at radius 1 is 1.09 bits per heavy atom. The maximum atomic E-state index is 13.4. The zero-order valence-corrected chi connectivity index (χ0v) is 19.4. The summed E-state index contributed by atoms with van der Waals surface area (Å²) in [7, 11) is -3.15. The van der Waals surface area contributed by atoms with Gasteiger partial charge in [0.2, 0.25) is 0 Å². The molecule has 0 aliphatic carbocycles. The van der Waals surface area contributed by atoms with Crippen LogP contribution in [0, 0.1) is 0 Å². The SMILES string of the molecule is CC(C)(C)c1ccc(CN(C(=O)c2cc(-c3ccccc3)on2)C2CCS(=O)(=O)C2)cc1. The van der Waals surface area contributed by atoms with Crippen LogP contribution in [0.25, 0.3) is 11.3 Å². The summed E-state index contributed by atoms with van der Waals surface area (Å²) in [5.41, 5.74) is 3.18. The molecule has 1 fully saturated rings. The quantitative estimate of drug-likeness (QED) is 0.571. The van der Waals surface area contributed by atoms with Crippen molar-refractivity contribution in [1.29, 1.82) is 0 Å². The molecule has 1 aromatic heterocycles. The summed E-state index contributed by atoms with van der Waals surface area (Å²) in [6, 6.07) is 18.8. The van der Waals surface area contributed by atoms with Gasteiger partial charge >= 0.3 is 0 Å². The molecule has 1 unspecified atom stereocenters. The standard InChI is InChI=1S/C25H28N2O4S/c1-25(2,3)20-11-9-18(10-12-20)16-27(21-13-14-32(29,30)17-21)24(28)22-15-23(31-26-22)19-7-5-4-6-8-19/h4-12,15,21H,13-14,16-17H2,1-3H3. The zero-order chi connectivity index (χ0) is 22.9. The molecule has 1 atom stereocenters. The highest BCUT2D eigenvalue weighted by Crippen LogP contribution is 2.26. The summed E-state index contributed by atoms with van der Waals surface area (Å²) < 4.78 is 29.7. The minimum Gasteiger partial charge on any atom is -0.355 e. The zero-order valence-electron chi connectivity index (χ0n) is 18.6. The van der Waals surface area contributed by atoms with Crippen LogP contribution in [0.3, 0.4) is 0 Å². The van der Waals surface area contributed by atoms with Gasteiger partial charge in [0.05, 0.1) is 11.5 Å². The van der Waals surface area contributed by atoms with E-state index in [0.717, 1.165) is 11.1 Å². The summed E-state index contributed by atoms with van der Waals surface area (Å²) in [5.74, 6) is 0.251. The number of hydrogen-bond acceptors (Lipinski definition) is 5. The molecule has 0 spiro atoms. The van der Waals surface area contributed by atoms with Crippen LogP contribution in [0.15, 0.2) is 65.2 Å². The van der Waals surface area contributed by atoms with Crippen molar-refractivity contribution in [2.24, 2.45) is 0 Å². The third-order valence-electron chi connectivity index (χ3n) is 5.87. The van der Waals surface area contributed by atoms with E-state index in [1.54, 1.807) is 11.0 Å². The number of nitrogens with zero attached hydrogens (tertiary/aromatic N) is 2. The van der Waals surface area contributed by atoms with Gasteiger partial charge < -0.3 is 9.42 Å². The molecular weight excluding hydrogens is 424 g/mol. The molecule has 2 aromatic carbocycles. The van der Waals surface area contributed by atoms with Crippen molar-refractivity contribution in [2.45, 2.75) is 45.2 Å². The molecule has 1 amide bonds. The van der Waals surface area contributed by atoms with Crippen LogP contribution in [-0.4, -0.2) is 41.9 Å². The van der Waals surface area contributed by atoms with Crippen molar-refractivity contribution in [1.82, 2.24) is 10.1 Å². The first-order valence-corrected chi connectivity index (χ1v) is 12.6. The van der Waals surface area contributed by atoms with Crippen LogP contribution >= 0.6 is 0 Å². The number of sulfone groups is 1. The first-order chi connectivity index (χ1) is 15.1. The van der Waals surface area contributed by atoms with Gasteiger partial charge in [-0.25, -0.2) is 8.42 Å². The van der Waals surface area contributed by atoms with Crippen molar-refractivity contribution in [3.63, 3.8) is 0 Å². The van der Waals surface area contributed by atoms with Crippen LogP contribution in [0.1, 0.15) is 48.8 Å². The number of benzene rings is 2.